The Morgan fingerprint density at radius 2 is 1.89 bits per heavy atom. The molecule has 0 bridgehead atoms. The van der Waals surface area contributed by atoms with Crippen LogP contribution < -0.4 is 5.32 Å². The van der Waals surface area contributed by atoms with E-state index in [4.69, 9.17) is 11.6 Å². The standard InChI is InChI=1S/C14H14ClF2NS/c1-9(10-6-11(16)8-12(17)7-10)18-5-4-13-2-3-14(15)19-13/h2-3,6-9,18H,4-5H2,1H3. The molecule has 0 saturated carbocycles. The molecule has 1 heterocycles. The SMILES string of the molecule is CC(NCCc1ccc(Cl)s1)c1cc(F)cc(F)c1. The highest BCUT2D eigenvalue weighted by atomic mass is 35.5. The van der Waals surface area contributed by atoms with E-state index in [1.807, 2.05) is 19.1 Å². The second-order valence-corrected chi connectivity index (χ2v) is 6.13. The minimum atomic E-state index is -0.548. The van der Waals surface area contributed by atoms with E-state index in [0.29, 0.717) is 5.56 Å². The molecule has 0 spiro atoms. The lowest BCUT2D eigenvalue weighted by molar-refractivity contribution is 0.548. The molecule has 0 amide bonds. The van der Waals surface area contributed by atoms with Crippen molar-refractivity contribution in [2.75, 3.05) is 6.54 Å². The lowest BCUT2D eigenvalue weighted by Crippen LogP contribution is -2.21. The molecule has 102 valence electrons. The van der Waals surface area contributed by atoms with Crippen molar-refractivity contribution in [3.63, 3.8) is 0 Å². The average Bonchev–Trinajstić information content (AvgIpc) is 2.73. The van der Waals surface area contributed by atoms with Gasteiger partial charge in [0.15, 0.2) is 0 Å². The van der Waals surface area contributed by atoms with Crippen LogP contribution in [0.25, 0.3) is 0 Å². The minimum Gasteiger partial charge on any atom is -0.310 e. The highest BCUT2D eigenvalue weighted by molar-refractivity contribution is 7.16. The van der Waals surface area contributed by atoms with E-state index in [1.54, 1.807) is 11.3 Å². The zero-order valence-electron chi connectivity index (χ0n) is 10.4. The number of benzene rings is 1. The summed E-state index contributed by atoms with van der Waals surface area (Å²) >= 11 is 7.39. The van der Waals surface area contributed by atoms with Gasteiger partial charge >= 0.3 is 0 Å². The second kappa shape index (κ2) is 6.46. The van der Waals surface area contributed by atoms with Crippen LogP contribution in [-0.2, 0) is 6.42 Å². The summed E-state index contributed by atoms with van der Waals surface area (Å²) in [7, 11) is 0. The van der Waals surface area contributed by atoms with Crippen molar-refractivity contribution in [2.24, 2.45) is 0 Å². The first kappa shape index (κ1) is 14.4. The van der Waals surface area contributed by atoms with E-state index >= 15 is 0 Å². The van der Waals surface area contributed by atoms with Crippen molar-refractivity contribution < 1.29 is 8.78 Å². The minimum absolute atomic E-state index is 0.0966. The van der Waals surface area contributed by atoms with Gasteiger partial charge in [0.05, 0.1) is 4.34 Å². The quantitative estimate of drug-likeness (QED) is 0.853. The molecule has 5 heteroatoms. The van der Waals surface area contributed by atoms with Crippen molar-refractivity contribution in [1.29, 1.82) is 0 Å². The van der Waals surface area contributed by atoms with Crippen molar-refractivity contribution in [3.8, 4) is 0 Å². The number of hydrogen-bond acceptors (Lipinski definition) is 2. The van der Waals surface area contributed by atoms with Crippen LogP contribution in [0.1, 0.15) is 23.4 Å². The molecule has 2 rings (SSSR count). The number of hydrogen-bond donors (Lipinski definition) is 1. The fourth-order valence-electron chi connectivity index (χ4n) is 1.84. The van der Waals surface area contributed by atoms with Gasteiger partial charge in [-0.3, -0.25) is 0 Å². The van der Waals surface area contributed by atoms with Crippen LogP contribution in [0.5, 0.6) is 0 Å². The van der Waals surface area contributed by atoms with Crippen LogP contribution in [0, 0.1) is 11.6 Å². The molecule has 0 radical (unpaired) electrons. The predicted molar refractivity (Wildman–Crippen MR) is 75.8 cm³/mol. The van der Waals surface area contributed by atoms with Gasteiger partial charge in [-0.2, -0.15) is 0 Å². The van der Waals surface area contributed by atoms with E-state index in [2.05, 4.69) is 5.32 Å². The van der Waals surface area contributed by atoms with Gasteiger partial charge in [0, 0.05) is 23.5 Å². The van der Waals surface area contributed by atoms with Crippen molar-refractivity contribution in [1.82, 2.24) is 5.32 Å². The van der Waals surface area contributed by atoms with Crippen molar-refractivity contribution in [3.05, 3.63) is 56.7 Å². The van der Waals surface area contributed by atoms with Gasteiger partial charge in [-0.1, -0.05) is 11.6 Å². The molecular weight excluding hydrogens is 288 g/mol. The van der Waals surface area contributed by atoms with Gasteiger partial charge < -0.3 is 5.32 Å². The Kier molecular flexibility index (Phi) is 4.91. The van der Waals surface area contributed by atoms with E-state index in [9.17, 15) is 8.78 Å². The zero-order chi connectivity index (χ0) is 13.8. The van der Waals surface area contributed by atoms with Crippen LogP contribution >= 0.6 is 22.9 Å². The van der Waals surface area contributed by atoms with Gasteiger partial charge in [-0.05, 0) is 43.2 Å². The zero-order valence-corrected chi connectivity index (χ0v) is 12.0. The fraction of sp³-hybridized carbons (Fsp3) is 0.286. The Labute approximate surface area is 120 Å². The maximum atomic E-state index is 13.1. The van der Waals surface area contributed by atoms with Gasteiger partial charge in [-0.15, -0.1) is 11.3 Å². The summed E-state index contributed by atoms with van der Waals surface area (Å²) in [6.07, 6.45) is 0.847. The van der Waals surface area contributed by atoms with Crippen molar-refractivity contribution in [2.45, 2.75) is 19.4 Å². The molecule has 0 aliphatic rings. The summed E-state index contributed by atoms with van der Waals surface area (Å²) in [5, 5.41) is 3.24. The summed E-state index contributed by atoms with van der Waals surface area (Å²) in [6, 6.07) is 7.34. The van der Waals surface area contributed by atoms with Crippen LogP contribution in [0.3, 0.4) is 0 Å². The fourth-order valence-corrected chi connectivity index (χ4v) is 2.93. The van der Waals surface area contributed by atoms with E-state index in [1.165, 1.54) is 17.0 Å². The Morgan fingerprint density at radius 3 is 2.47 bits per heavy atom. The maximum Gasteiger partial charge on any atom is 0.126 e. The lowest BCUT2D eigenvalue weighted by atomic mass is 10.1. The lowest BCUT2D eigenvalue weighted by Gasteiger charge is -2.14. The molecule has 1 nitrogen and oxygen atoms in total. The highest BCUT2D eigenvalue weighted by Gasteiger charge is 2.08. The smallest absolute Gasteiger partial charge is 0.126 e. The average molecular weight is 302 g/mol. The normalized spacial score (nSPS) is 12.6. The first-order valence-electron chi connectivity index (χ1n) is 5.98. The monoisotopic (exact) mass is 301 g/mol. The van der Waals surface area contributed by atoms with Crippen LogP contribution in [0.2, 0.25) is 4.34 Å². The predicted octanol–water partition coefficient (Wildman–Crippen LogP) is 4.57. The number of rotatable bonds is 5. The summed E-state index contributed by atoms with van der Waals surface area (Å²) < 4.78 is 27.0. The Balaban J connectivity index is 1.88. The van der Waals surface area contributed by atoms with Gasteiger partial charge in [0.25, 0.3) is 0 Å². The number of thiophene rings is 1. The molecule has 19 heavy (non-hydrogen) atoms. The van der Waals surface area contributed by atoms with Crippen molar-refractivity contribution >= 4 is 22.9 Å². The van der Waals surface area contributed by atoms with E-state index in [-0.39, 0.29) is 6.04 Å². The Bertz CT molecular complexity index is 536. The third-order valence-electron chi connectivity index (χ3n) is 2.84. The molecule has 0 aliphatic heterocycles. The van der Waals surface area contributed by atoms with Gasteiger partial charge in [-0.25, -0.2) is 8.78 Å². The molecule has 1 aromatic heterocycles. The molecule has 0 saturated heterocycles. The third-order valence-corrected chi connectivity index (χ3v) is 4.13. The first-order chi connectivity index (χ1) is 9.04. The van der Waals surface area contributed by atoms with Crippen LogP contribution in [0.15, 0.2) is 30.3 Å². The molecule has 1 aromatic carbocycles. The molecule has 2 aromatic rings. The Hall–Kier alpha value is -0.970. The van der Waals surface area contributed by atoms with Crippen LogP contribution in [-0.4, -0.2) is 6.54 Å². The summed E-state index contributed by atoms with van der Waals surface area (Å²) in [6.45, 7) is 2.62. The summed E-state index contributed by atoms with van der Waals surface area (Å²) in [5.74, 6) is -1.10. The largest absolute Gasteiger partial charge is 0.310 e. The second-order valence-electron chi connectivity index (χ2n) is 4.33. The number of nitrogens with one attached hydrogen (secondary N) is 1. The Morgan fingerprint density at radius 1 is 1.21 bits per heavy atom. The topological polar surface area (TPSA) is 12.0 Å². The third kappa shape index (κ3) is 4.27. The van der Waals surface area contributed by atoms with E-state index < -0.39 is 11.6 Å². The molecule has 0 fully saturated rings. The van der Waals surface area contributed by atoms with Crippen LogP contribution in [0.4, 0.5) is 8.78 Å². The van der Waals surface area contributed by atoms with Gasteiger partial charge in [0.2, 0.25) is 0 Å². The maximum absolute atomic E-state index is 13.1. The highest BCUT2D eigenvalue weighted by Crippen LogP contribution is 2.22. The first-order valence-corrected chi connectivity index (χ1v) is 7.17. The molecule has 1 N–H and O–H groups in total. The summed E-state index contributed by atoms with van der Waals surface area (Å²) in [4.78, 5) is 1.19. The summed E-state index contributed by atoms with van der Waals surface area (Å²) in [5.41, 5.74) is 0.613. The number of halogens is 3. The van der Waals surface area contributed by atoms with Gasteiger partial charge in [0.1, 0.15) is 11.6 Å². The van der Waals surface area contributed by atoms with E-state index in [0.717, 1.165) is 23.4 Å². The molecule has 1 unspecified atom stereocenters. The molecule has 0 aliphatic carbocycles. The molecule has 1 atom stereocenters. The molecular formula is C14H14ClF2NS.